The van der Waals surface area contributed by atoms with Gasteiger partial charge in [-0.05, 0) is 18.1 Å². The molecule has 0 spiro atoms. The van der Waals surface area contributed by atoms with Gasteiger partial charge in [-0.3, -0.25) is 0 Å². The zero-order valence-electron chi connectivity index (χ0n) is 10.4. The number of carbonyl (C=O) groups excluding carboxylic acids is 1. The third kappa shape index (κ3) is 11.0. The summed E-state index contributed by atoms with van der Waals surface area (Å²) in [5.41, 5.74) is 5.69. The van der Waals surface area contributed by atoms with Crippen LogP contribution in [0.4, 0.5) is 4.79 Å². The predicted octanol–water partition coefficient (Wildman–Crippen LogP) is 2.61. The van der Waals surface area contributed by atoms with Gasteiger partial charge >= 0.3 is 6.09 Å². The highest BCUT2D eigenvalue weighted by Gasteiger charge is 1.94. The van der Waals surface area contributed by atoms with Crippen LogP contribution in [0.25, 0.3) is 0 Å². The van der Waals surface area contributed by atoms with Crippen LogP contribution >= 0.6 is 11.6 Å². The number of amides is 1. The van der Waals surface area contributed by atoms with Gasteiger partial charge in [0.2, 0.25) is 0 Å². The van der Waals surface area contributed by atoms with Crippen LogP contribution in [-0.4, -0.2) is 25.4 Å². The molecular formula is C12H20ClNO3. The number of benzene rings is 1. The molecule has 0 atom stereocenters. The summed E-state index contributed by atoms with van der Waals surface area (Å²) in [4.78, 5) is 9.37. The molecule has 0 unspecified atom stereocenters. The smallest absolute Gasteiger partial charge is 0.404 e. The van der Waals surface area contributed by atoms with Crippen molar-refractivity contribution in [2.75, 3.05) is 14.2 Å². The van der Waals surface area contributed by atoms with Gasteiger partial charge in [-0.15, -0.1) is 0 Å². The monoisotopic (exact) mass is 261 g/mol. The highest BCUT2D eigenvalue weighted by molar-refractivity contribution is 6.31. The van der Waals surface area contributed by atoms with Gasteiger partial charge < -0.3 is 15.6 Å². The molecule has 0 aliphatic heterocycles. The third-order valence-electron chi connectivity index (χ3n) is 1.68. The molecule has 0 saturated heterocycles. The zero-order valence-corrected chi connectivity index (χ0v) is 11.2. The maximum atomic E-state index is 9.37. The van der Waals surface area contributed by atoms with Crippen molar-refractivity contribution in [1.29, 1.82) is 0 Å². The van der Waals surface area contributed by atoms with Crippen LogP contribution < -0.4 is 5.73 Å². The highest BCUT2D eigenvalue weighted by atomic mass is 35.5. The Kier molecular flexibility index (Phi) is 13.6. The van der Waals surface area contributed by atoms with Crippen LogP contribution in [-0.2, 0) is 11.2 Å². The zero-order chi connectivity index (χ0) is 13.7. The Bertz CT molecular complexity index is 306. The Labute approximate surface area is 107 Å². The van der Waals surface area contributed by atoms with Crippen molar-refractivity contribution in [2.45, 2.75) is 19.8 Å². The number of carbonyl (C=O) groups is 1. The van der Waals surface area contributed by atoms with E-state index in [2.05, 4.69) is 23.5 Å². The van der Waals surface area contributed by atoms with Gasteiger partial charge in [0, 0.05) is 12.1 Å². The summed E-state index contributed by atoms with van der Waals surface area (Å²) in [7, 11) is 2.22. The molecule has 0 saturated carbocycles. The van der Waals surface area contributed by atoms with E-state index in [4.69, 9.17) is 16.7 Å². The number of nitrogens with two attached hydrogens (primary N) is 1. The van der Waals surface area contributed by atoms with Crippen molar-refractivity contribution in [3.8, 4) is 0 Å². The lowest BCUT2D eigenvalue weighted by molar-refractivity contribution is 0.182. The van der Waals surface area contributed by atoms with Gasteiger partial charge in [0.05, 0.1) is 7.11 Å². The molecule has 0 aliphatic carbocycles. The molecular weight excluding hydrogens is 242 g/mol. The topological polar surface area (TPSA) is 72.6 Å². The van der Waals surface area contributed by atoms with Crippen molar-refractivity contribution >= 4 is 17.7 Å². The summed E-state index contributed by atoms with van der Waals surface area (Å²) in [5.74, 6) is 0. The summed E-state index contributed by atoms with van der Waals surface area (Å²) in [6.45, 7) is 2.16. The lowest BCUT2D eigenvalue weighted by atomic mass is 10.1. The molecule has 1 rings (SSSR count). The van der Waals surface area contributed by atoms with Crippen LogP contribution in [0, 0.1) is 0 Å². The second-order valence-electron chi connectivity index (χ2n) is 2.86. The minimum atomic E-state index is -0.745. The number of methoxy groups -OCH3 is 1. The molecule has 0 heterocycles. The number of rotatable bonds is 2. The first-order chi connectivity index (χ1) is 8.11. The average Bonchev–Trinajstić information content (AvgIpc) is 2.36. The Hall–Kier alpha value is -1.26. The fourth-order valence-electron chi connectivity index (χ4n) is 0.970. The number of ether oxygens (including phenoxy) is 1. The van der Waals surface area contributed by atoms with Crippen molar-refractivity contribution in [2.24, 2.45) is 5.73 Å². The van der Waals surface area contributed by atoms with Crippen LogP contribution in [0.1, 0.15) is 18.9 Å². The largest absolute Gasteiger partial charge is 0.453 e. The predicted molar refractivity (Wildman–Crippen MR) is 70.2 cm³/mol. The molecule has 1 aromatic rings. The van der Waals surface area contributed by atoms with E-state index in [-0.39, 0.29) is 0 Å². The minimum Gasteiger partial charge on any atom is -0.453 e. The maximum absolute atomic E-state index is 9.37. The molecule has 1 aromatic carbocycles. The van der Waals surface area contributed by atoms with E-state index in [0.29, 0.717) is 0 Å². The molecule has 17 heavy (non-hydrogen) atoms. The Balaban J connectivity index is 0. The van der Waals surface area contributed by atoms with Crippen molar-refractivity contribution < 1.29 is 14.6 Å². The van der Waals surface area contributed by atoms with E-state index in [0.717, 1.165) is 25.0 Å². The molecule has 0 bridgehead atoms. The van der Waals surface area contributed by atoms with Crippen LogP contribution in [0.3, 0.4) is 0 Å². The van der Waals surface area contributed by atoms with Crippen LogP contribution in [0.2, 0.25) is 5.02 Å². The first-order valence-corrected chi connectivity index (χ1v) is 5.51. The molecule has 3 N–H and O–H groups in total. The standard InChI is InChI=1S/C9H11Cl.C2H5NO2.CH4O/c1-2-5-8-6-3-4-7-9(8)10;1-5-2(3)4;1-2/h3-4,6-7H,2,5H2,1H3;1H3,(H2,3,4);2H,1H3. The first kappa shape index (κ1) is 18.1. The van der Waals surface area contributed by atoms with Crippen LogP contribution in [0.15, 0.2) is 24.3 Å². The molecule has 98 valence electrons. The van der Waals surface area contributed by atoms with Crippen molar-refractivity contribution in [3.05, 3.63) is 34.9 Å². The quantitative estimate of drug-likeness (QED) is 0.860. The van der Waals surface area contributed by atoms with Gasteiger partial charge in [0.15, 0.2) is 0 Å². The van der Waals surface area contributed by atoms with E-state index < -0.39 is 6.09 Å². The molecule has 0 aromatic heterocycles. The van der Waals surface area contributed by atoms with E-state index in [9.17, 15) is 4.79 Å². The minimum absolute atomic E-state index is 0.745. The lowest BCUT2D eigenvalue weighted by Crippen LogP contribution is -2.08. The number of primary amides is 1. The lowest BCUT2D eigenvalue weighted by Gasteiger charge is -1.99. The molecule has 0 aliphatic rings. The summed E-state index contributed by atoms with van der Waals surface area (Å²) < 4.78 is 3.89. The third-order valence-corrected chi connectivity index (χ3v) is 2.05. The van der Waals surface area contributed by atoms with Crippen molar-refractivity contribution in [3.63, 3.8) is 0 Å². The number of hydrogen-bond acceptors (Lipinski definition) is 3. The average molecular weight is 262 g/mol. The van der Waals surface area contributed by atoms with E-state index in [1.54, 1.807) is 0 Å². The second kappa shape index (κ2) is 12.8. The van der Waals surface area contributed by atoms with Crippen LogP contribution in [0.5, 0.6) is 0 Å². The van der Waals surface area contributed by atoms with E-state index in [1.807, 2.05) is 18.2 Å². The first-order valence-electron chi connectivity index (χ1n) is 5.13. The van der Waals surface area contributed by atoms with Gasteiger partial charge in [-0.25, -0.2) is 4.79 Å². The fraction of sp³-hybridized carbons (Fsp3) is 0.417. The van der Waals surface area contributed by atoms with Gasteiger partial charge in [-0.1, -0.05) is 43.1 Å². The summed E-state index contributed by atoms with van der Waals surface area (Å²) in [6.07, 6.45) is 1.49. The van der Waals surface area contributed by atoms with E-state index in [1.165, 1.54) is 12.7 Å². The Morgan fingerprint density at radius 2 is 1.88 bits per heavy atom. The number of hydrogen-bond donors (Lipinski definition) is 2. The van der Waals surface area contributed by atoms with Gasteiger partial charge in [0.25, 0.3) is 0 Å². The molecule has 4 nitrogen and oxygen atoms in total. The normalized spacial score (nSPS) is 8.06. The molecule has 5 heteroatoms. The Morgan fingerprint density at radius 1 is 1.41 bits per heavy atom. The highest BCUT2D eigenvalue weighted by Crippen LogP contribution is 2.15. The summed E-state index contributed by atoms with van der Waals surface area (Å²) >= 11 is 5.90. The number of halogens is 1. The molecule has 0 fully saturated rings. The number of aryl methyl sites for hydroxylation is 1. The summed E-state index contributed by atoms with van der Waals surface area (Å²) in [6, 6.07) is 8.00. The maximum Gasteiger partial charge on any atom is 0.404 e. The van der Waals surface area contributed by atoms with Gasteiger partial charge in [0.1, 0.15) is 0 Å². The van der Waals surface area contributed by atoms with Crippen molar-refractivity contribution in [1.82, 2.24) is 0 Å². The second-order valence-corrected chi connectivity index (χ2v) is 3.27. The Morgan fingerprint density at radius 3 is 2.24 bits per heavy atom. The number of aliphatic hydroxyl groups excluding tert-OH is 1. The van der Waals surface area contributed by atoms with E-state index >= 15 is 0 Å². The molecule has 1 amide bonds. The summed E-state index contributed by atoms with van der Waals surface area (Å²) in [5, 5.41) is 7.89. The van der Waals surface area contributed by atoms with Gasteiger partial charge in [-0.2, -0.15) is 0 Å². The SMILES string of the molecule is CCCc1ccccc1Cl.CO.COC(N)=O. The number of aliphatic hydroxyl groups is 1. The molecule has 0 radical (unpaired) electrons. The fourth-order valence-corrected chi connectivity index (χ4v) is 1.20.